The molecule has 0 saturated heterocycles. The first-order valence-electron chi connectivity index (χ1n) is 5.02. The van der Waals surface area contributed by atoms with Crippen LogP contribution in [-0.2, 0) is 0 Å². The van der Waals surface area contributed by atoms with E-state index >= 15 is 0 Å². The summed E-state index contributed by atoms with van der Waals surface area (Å²) in [6.07, 6.45) is -2.07. The van der Waals surface area contributed by atoms with Crippen LogP contribution in [-0.4, -0.2) is 13.0 Å². The molecule has 16 heavy (non-hydrogen) atoms. The number of hydrogen-bond donors (Lipinski definition) is 1. The Hall–Kier alpha value is -1.10. The molecule has 0 heterocycles. The fourth-order valence-corrected chi connectivity index (χ4v) is 1.39. The van der Waals surface area contributed by atoms with E-state index in [2.05, 4.69) is 5.32 Å². The van der Waals surface area contributed by atoms with Gasteiger partial charge in [0.05, 0.1) is 6.04 Å². The van der Waals surface area contributed by atoms with Gasteiger partial charge in [0.25, 0.3) is 6.43 Å². The third-order valence-electron chi connectivity index (χ3n) is 2.16. The van der Waals surface area contributed by atoms with Gasteiger partial charge in [-0.15, -0.1) is 0 Å². The highest BCUT2D eigenvalue weighted by molar-refractivity contribution is 5.22. The standard InChI is InChI=1S/C11H13F4N/c1-2-5-16-10(11(14)15)8-4-3-7(12)6-9(8)13/h3-4,6,10-11,16H,2,5H2,1H3. The number of rotatable bonds is 5. The highest BCUT2D eigenvalue weighted by Gasteiger charge is 2.24. The zero-order valence-electron chi connectivity index (χ0n) is 8.81. The first-order valence-corrected chi connectivity index (χ1v) is 5.02. The molecular formula is C11H13F4N. The van der Waals surface area contributed by atoms with Crippen LogP contribution in [0.25, 0.3) is 0 Å². The maximum atomic E-state index is 13.3. The SMILES string of the molecule is CCCNC(c1ccc(F)cc1F)C(F)F. The first-order chi connectivity index (χ1) is 7.56. The lowest BCUT2D eigenvalue weighted by molar-refractivity contribution is 0.0967. The minimum absolute atomic E-state index is 0.204. The number of hydrogen-bond acceptors (Lipinski definition) is 1. The Balaban J connectivity index is 2.92. The molecule has 0 radical (unpaired) electrons. The fraction of sp³-hybridized carbons (Fsp3) is 0.455. The van der Waals surface area contributed by atoms with E-state index in [1.54, 1.807) is 0 Å². The van der Waals surface area contributed by atoms with E-state index in [-0.39, 0.29) is 5.56 Å². The second kappa shape index (κ2) is 5.84. The summed E-state index contributed by atoms with van der Waals surface area (Å²) < 4.78 is 51.2. The monoisotopic (exact) mass is 235 g/mol. The van der Waals surface area contributed by atoms with E-state index in [0.29, 0.717) is 19.0 Å². The van der Waals surface area contributed by atoms with E-state index in [0.717, 1.165) is 12.1 Å². The Morgan fingerprint density at radius 2 is 1.94 bits per heavy atom. The Kier molecular flexibility index (Phi) is 4.73. The molecular weight excluding hydrogens is 222 g/mol. The minimum atomic E-state index is -2.73. The molecule has 0 bridgehead atoms. The average Bonchev–Trinajstić information content (AvgIpc) is 2.20. The summed E-state index contributed by atoms with van der Waals surface area (Å²) in [5.74, 6) is -1.72. The van der Waals surface area contributed by atoms with Crippen molar-refractivity contribution in [1.29, 1.82) is 0 Å². The lowest BCUT2D eigenvalue weighted by Crippen LogP contribution is -2.28. The van der Waals surface area contributed by atoms with Crippen LogP contribution >= 0.6 is 0 Å². The van der Waals surface area contributed by atoms with Gasteiger partial charge in [0.1, 0.15) is 11.6 Å². The zero-order valence-corrected chi connectivity index (χ0v) is 8.81. The third kappa shape index (κ3) is 3.20. The smallest absolute Gasteiger partial charge is 0.257 e. The van der Waals surface area contributed by atoms with Gasteiger partial charge >= 0.3 is 0 Å². The Morgan fingerprint density at radius 3 is 2.44 bits per heavy atom. The number of halogens is 4. The van der Waals surface area contributed by atoms with E-state index in [4.69, 9.17) is 0 Å². The van der Waals surface area contributed by atoms with Crippen molar-refractivity contribution >= 4 is 0 Å². The van der Waals surface area contributed by atoms with Gasteiger partial charge in [-0.3, -0.25) is 0 Å². The molecule has 0 aliphatic heterocycles. The molecule has 0 fully saturated rings. The molecule has 5 heteroatoms. The second-order valence-corrected chi connectivity index (χ2v) is 3.43. The fourth-order valence-electron chi connectivity index (χ4n) is 1.39. The summed E-state index contributed by atoms with van der Waals surface area (Å²) in [5, 5.41) is 2.53. The Morgan fingerprint density at radius 1 is 1.25 bits per heavy atom. The number of nitrogens with one attached hydrogen (secondary N) is 1. The minimum Gasteiger partial charge on any atom is -0.305 e. The van der Waals surface area contributed by atoms with Crippen molar-refractivity contribution in [2.45, 2.75) is 25.8 Å². The molecule has 1 rings (SSSR count). The van der Waals surface area contributed by atoms with E-state index in [1.807, 2.05) is 6.92 Å². The highest BCUT2D eigenvalue weighted by atomic mass is 19.3. The third-order valence-corrected chi connectivity index (χ3v) is 2.16. The molecule has 0 aliphatic rings. The number of alkyl halides is 2. The van der Waals surface area contributed by atoms with E-state index in [1.165, 1.54) is 0 Å². The van der Waals surface area contributed by atoms with Crippen LogP contribution in [0.4, 0.5) is 17.6 Å². The molecule has 0 amide bonds. The Labute approximate surface area is 91.5 Å². The summed E-state index contributed by atoms with van der Waals surface area (Å²) in [6.45, 7) is 2.17. The lowest BCUT2D eigenvalue weighted by Gasteiger charge is -2.18. The van der Waals surface area contributed by atoms with Gasteiger partial charge < -0.3 is 5.32 Å². The van der Waals surface area contributed by atoms with Crippen molar-refractivity contribution in [2.75, 3.05) is 6.54 Å². The molecule has 1 aromatic rings. The van der Waals surface area contributed by atoms with Gasteiger partial charge in [-0.1, -0.05) is 13.0 Å². The summed E-state index contributed by atoms with van der Waals surface area (Å²) in [6, 6.07) is 1.24. The van der Waals surface area contributed by atoms with Crippen molar-refractivity contribution in [1.82, 2.24) is 5.32 Å². The van der Waals surface area contributed by atoms with E-state index in [9.17, 15) is 17.6 Å². The van der Waals surface area contributed by atoms with Gasteiger partial charge in [0, 0.05) is 11.6 Å². The van der Waals surface area contributed by atoms with Crippen LogP contribution in [0.5, 0.6) is 0 Å². The summed E-state index contributed by atoms with van der Waals surface area (Å²) in [4.78, 5) is 0. The molecule has 1 unspecified atom stereocenters. The topological polar surface area (TPSA) is 12.0 Å². The van der Waals surface area contributed by atoms with Crippen molar-refractivity contribution < 1.29 is 17.6 Å². The summed E-state index contributed by atoms with van der Waals surface area (Å²) >= 11 is 0. The average molecular weight is 235 g/mol. The van der Waals surface area contributed by atoms with Crippen molar-refractivity contribution in [3.63, 3.8) is 0 Å². The predicted molar refractivity (Wildman–Crippen MR) is 53.4 cm³/mol. The summed E-state index contributed by atoms with van der Waals surface area (Å²) in [5.41, 5.74) is -0.204. The van der Waals surface area contributed by atoms with Gasteiger partial charge in [-0.25, -0.2) is 17.6 Å². The van der Waals surface area contributed by atoms with Crippen LogP contribution in [0.15, 0.2) is 18.2 Å². The van der Waals surface area contributed by atoms with Gasteiger partial charge in [0.2, 0.25) is 0 Å². The molecule has 0 spiro atoms. The summed E-state index contributed by atoms with van der Waals surface area (Å²) in [7, 11) is 0. The molecule has 1 nitrogen and oxygen atoms in total. The normalized spacial score (nSPS) is 13.1. The van der Waals surface area contributed by atoms with Crippen LogP contribution in [0.3, 0.4) is 0 Å². The van der Waals surface area contributed by atoms with Crippen LogP contribution < -0.4 is 5.32 Å². The molecule has 0 saturated carbocycles. The second-order valence-electron chi connectivity index (χ2n) is 3.43. The Bertz CT molecular complexity index is 341. The first kappa shape index (κ1) is 13.0. The van der Waals surface area contributed by atoms with Crippen molar-refractivity contribution in [2.24, 2.45) is 0 Å². The quantitative estimate of drug-likeness (QED) is 0.772. The van der Waals surface area contributed by atoms with Gasteiger partial charge in [-0.05, 0) is 19.0 Å². The molecule has 1 aromatic carbocycles. The van der Waals surface area contributed by atoms with Gasteiger partial charge in [-0.2, -0.15) is 0 Å². The van der Waals surface area contributed by atoms with Gasteiger partial charge in [0.15, 0.2) is 0 Å². The van der Waals surface area contributed by atoms with Crippen molar-refractivity contribution in [3.8, 4) is 0 Å². The van der Waals surface area contributed by atoms with Crippen molar-refractivity contribution in [3.05, 3.63) is 35.4 Å². The number of benzene rings is 1. The molecule has 0 aromatic heterocycles. The van der Waals surface area contributed by atoms with Crippen LogP contribution in [0.2, 0.25) is 0 Å². The zero-order chi connectivity index (χ0) is 12.1. The van der Waals surface area contributed by atoms with Crippen LogP contribution in [0, 0.1) is 11.6 Å². The van der Waals surface area contributed by atoms with E-state index < -0.39 is 24.1 Å². The largest absolute Gasteiger partial charge is 0.305 e. The predicted octanol–water partition coefficient (Wildman–Crippen LogP) is 3.27. The maximum absolute atomic E-state index is 13.3. The highest BCUT2D eigenvalue weighted by Crippen LogP contribution is 2.23. The molecule has 90 valence electrons. The molecule has 1 atom stereocenters. The van der Waals surface area contributed by atoms with Crippen LogP contribution in [0.1, 0.15) is 24.9 Å². The molecule has 1 N–H and O–H groups in total. The molecule has 0 aliphatic carbocycles. The lowest BCUT2D eigenvalue weighted by atomic mass is 10.1. The maximum Gasteiger partial charge on any atom is 0.257 e.